The van der Waals surface area contributed by atoms with Crippen LogP contribution >= 0.6 is 0 Å². The first kappa shape index (κ1) is 18.2. The topological polar surface area (TPSA) is 62.6 Å². The predicted molar refractivity (Wildman–Crippen MR) is 84.8 cm³/mol. The van der Waals surface area contributed by atoms with Gasteiger partial charge in [-0.15, -0.1) is 0 Å². The van der Waals surface area contributed by atoms with E-state index in [1.165, 1.54) is 4.31 Å². The molecule has 0 radical (unpaired) electrons. The van der Waals surface area contributed by atoms with Crippen LogP contribution in [0.15, 0.2) is 9.31 Å². The minimum absolute atomic E-state index is 0.283. The maximum Gasteiger partial charge on any atom is 0.246 e. The number of hydrogen-bond donors (Lipinski definition) is 1. The Morgan fingerprint density at radius 2 is 1.81 bits per heavy atom. The molecule has 1 aromatic heterocycles. The molecule has 1 aromatic rings. The van der Waals surface area contributed by atoms with Crippen LogP contribution in [0.4, 0.5) is 0 Å². The van der Waals surface area contributed by atoms with Gasteiger partial charge in [0.2, 0.25) is 10.0 Å². The molecular weight excluding hydrogens is 288 g/mol. The Hall–Kier alpha value is -0.850. The number of nitrogens with zero attached hydrogens (tertiary/aromatic N) is 1. The van der Waals surface area contributed by atoms with Crippen molar-refractivity contribution in [2.45, 2.75) is 53.0 Å². The molecule has 0 saturated carbocycles. The minimum Gasteiger partial charge on any atom is -0.465 e. The lowest BCUT2D eigenvalue weighted by molar-refractivity contribution is 0.379. The summed E-state index contributed by atoms with van der Waals surface area (Å²) in [6, 6.07) is 0. The minimum atomic E-state index is -3.52. The summed E-state index contributed by atoms with van der Waals surface area (Å²) in [5.74, 6) is 1.43. The van der Waals surface area contributed by atoms with Crippen molar-refractivity contribution in [1.29, 1.82) is 0 Å². The number of rotatable bonds is 8. The molecule has 0 spiro atoms. The van der Waals surface area contributed by atoms with Crippen LogP contribution in [-0.4, -0.2) is 32.4 Å². The largest absolute Gasteiger partial charge is 0.465 e. The Kier molecular flexibility index (Phi) is 6.43. The van der Waals surface area contributed by atoms with E-state index in [0.29, 0.717) is 36.1 Å². The molecular formula is C15H28N2O3S. The van der Waals surface area contributed by atoms with Gasteiger partial charge in [0.1, 0.15) is 16.4 Å². The molecule has 21 heavy (non-hydrogen) atoms. The fourth-order valence-corrected chi connectivity index (χ4v) is 4.46. The number of sulfonamides is 1. The van der Waals surface area contributed by atoms with E-state index in [1.54, 1.807) is 6.92 Å². The summed E-state index contributed by atoms with van der Waals surface area (Å²) in [5.41, 5.74) is 0.747. The third-order valence-corrected chi connectivity index (χ3v) is 5.53. The van der Waals surface area contributed by atoms with Crippen molar-refractivity contribution in [3.05, 3.63) is 17.1 Å². The van der Waals surface area contributed by atoms with Gasteiger partial charge in [-0.2, -0.15) is 4.31 Å². The summed E-state index contributed by atoms with van der Waals surface area (Å²) in [5, 5.41) is 3.19. The molecule has 5 nitrogen and oxygen atoms in total. The summed E-state index contributed by atoms with van der Waals surface area (Å²) >= 11 is 0. The van der Waals surface area contributed by atoms with E-state index in [4.69, 9.17) is 4.42 Å². The van der Waals surface area contributed by atoms with Gasteiger partial charge in [-0.25, -0.2) is 8.42 Å². The van der Waals surface area contributed by atoms with E-state index < -0.39 is 10.0 Å². The summed E-state index contributed by atoms with van der Waals surface area (Å²) < 4.78 is 33.0. The molecule has 0 fully saturated rings. The molecule has 0 aliphatic carbocycles. The van der Waals surface area contributed by atoms with Gasteiger partial charge < -0.3 is 9.73 Å². The fourth-order valence-electron chi connectivity index (χ4n) is 2.44. The lowest BCUT2D eigenvalue weighted by Gasteiger charge is -2.22. The number of hydrogen-bond acceptors (Lipinski definition) is 4. The zero-order chi connectivity index (χ0) is 16.2. The van der Waals surface area contributed by atoms with E-state index in [1.807, 2.05) is 34.6 Å². The molecule has 1 rings (SSSR count). The monoisotopic (exact) mass is 316 g/mol. The lowest BCUT2D eigenvalue weighted by atomic mass is 10.2. The lowest BCUT2D eigenvalue weighted by Crippen LogP contribution is -2.35. The maximum atomic E-state index is 13.0. The van der Waals surface area contributed by atoms with Crippen LogP contribution < -0.4 is 5.32 Å². The molecule has 122 valence electrons. The second kappa shape index (κ2) is 7.42. The molecule has 0 amide bonds. The van der Waals surface area contributed by atoms with Crippen LogP contribution in [0.5, 0.6) is 0 Å². The predicted octanol–water partition coefficient (Wildman–Crippen LogP) is 2.67. The average molecular weight is 316 g/mol. The van der Waals surface area contributed by atoms with Crippen molar-refractivity contribution in [1.82, 2.24) is 9.62 Å². The van der Waals surface area contributed by atoms with Gasteiger partial charge in [0, 0.05) is 25.2 Å². The van der Waals surface area contributed by atoms with Gasteiger partial charge in [-0.05, 0) is 26.3 Å². The van der Waals surface area contributed by atoms with Crippen molar-refractivity contribution >= 4 is 10.0 Å². The summed E-state index contributed by atoms with van der Waals surface area (Å²) in [7, 11) is -3.52. The van der Waals surface area contributed by atoms with Crippen molar-refractivity contribution in [3.63, 3.8) is 0 Å². The third kappa shape index (κ3) is 4.08. The zero-order valence-electron chi connectivity index (χ0n) is 14.0. The molecule has 0 aliphatic heterocycles. The highest BCUT2D eigenvalue weighted by Crippen LogP contribution is 2.29. The molecule has 0 aromatic carbocycles. The van der Waals surface area contributed by atoms with E-state index >= 15 is 0 Å². The fraction of sp³-hybridized carbons (Fsp3) is 0.733. The van der Waals surface area contributed by atoms with Gasteiger partial charge in [-0.3, -0.25) is 0 Å². The van der Waals surface area contributed by atoms with E-state index in [9.17, 15) is 8.42 Å². The first-order valence-electron chi connectivity index (χ1n) is 7.55. The second-order valence-corrected chi connectivity index (χ2v) is 7.53. The smallest absolute Gasteiger partial charge is 0.246 e. The van der Waals surface area contributed by atoms with Crippen molar-refractivity contribution in [2.75, 3.05) is 19.6 Å². The summed E-state index contributed by atoms with van der Waals surface area (Å²) in [6.07, 6.45) is 0. The van der Waals surface area contributed by atoms with Crippen LogP contribution in [0.1, 0.15) is 44.8 Å². The van der Waals surface area contributed by atoms with Gasteiger partial charge in [0.05, 0.1) is 0 Å². The van der Waals surface area contributed by atoms with Crippen LogP contribution in [0.2, 0.25) is 0 Å². The molecule has 1 N–H and O–H groups in total. The Morgan fingerprint density at radius 3 is 2.29 bits per heavy atom. The Morgan fingerprint density at radius 1 is 1.19 bits per heavy atom. The Labute approximate surface area is 128 Å². The highest BCUT2D eigenvalue weighted by molar-refractivity contribution is 7.89. The highest BCUT2D eigenvalue weighted by Gasteiger charge is 2.31. The van der Waals surface area contributed by atoms with Gasteiger partial charge in [0.25, 0.3) is 0 Å². The molecule has 0 bridgehead atoms. The summed E-state index contributed by atoms with van der Waals surface area (Å²) in [4.78, 5) is 0.337. The highest BCUT2D eigenvalue weighted by atomic mass is 32.2. The van der Waals surface area contributed by atoms with Crippen molar-refractivity contribution in [2.24, 2.45) is 5.92 Å². The molecule has 0 aliphatic rings. The second-order valence-electron chi connectivity index (χ2n) is 5.65. The molecule has 6 heteroatoms. The first-order valence-corrected chi connectivity index (χ1v) is 8.99. The van der Waals surface area contributed by atoms with Crippen LogP contribution in [0.25, 0.3) is 0 Å². The van der Waals surface area contributed by atoms with Gasteiger partial charge in [0.15, 0.2) is 0 Å². The number of nitrogens with one attached hydrogen (secondary N) is 1. The quantitative estimate of drug-likeness (QED) is 0.801. The first-order chi connectivity index (χ1) is 9.75. The third-order valence-electron chi connectivity index (χ3n) is 3.40. The van der Waals surface area contributed by atoms with Crippen molar-refractivity contribution < 1.29 is 12.8 Å². The Bertz CT molecular complexity index is 562. The molecule has 0 unspecified atom stereocenters. The van der Waals surface area contributed by atoms with Crippen LogP contribution in [-0.2, 0) is 16.6 Å². The molecule has 0 saturated heterocycles. The SMILES string of the molecule is CCNCc1c(C)oc(C)c1S(=O)(=O)N(CC)CC(C)C. The van der Waals surface area contributed by atoms with Crippen LogP contribution in [0, 0.1) is 19.8 Å². The Balaban J connectivity index is 3.29. The zero-order valence-corrected chi connectivity index (χ0v) is 14.8. The standard InChI is InChI=1S/C15H28N2O3S/c1-7-16-9-14-12(5)20-13(6)15(14)21(18,19)17(8-2)10-11(3)4/h11,16H,7-10H2,1-6H3. The van der Waals surface area contributed by atoms with Gasteiger partial charge in [-0.1, -0.05) is 27.7 Å². The summed E-state index contributed by atoms with van der Waals surface area (Å²) in [6.45, 7) is 13.7. The average Bonchev–Trinajstić information content (AvgIpc) is 2.67. The maximum absolute atomic E-state index is 13.0. The van der Waals surface area contributed by atoms with E-state index in [2.05, 4.69) is 5.32 Å². The van der Waals surface area contributed by atoms with E-state index in [0.717, 1.165) is 12.1 Å². The normalized spacial score (nSPS) is 12.6. The molecule has 1 heterocycles. The number of furan rings is 1. The van der Waals surface area contributed by atoms with Crippen LogP contribution in [0.3, 0.4) is 0 Å². The molecule has 0 atom stereocenters. The van der Waals surface area contributed by atoms with Gasteiger partial charge >= 0.3 is 0 Å². The van der Waals surface area contributed by atoms with Crippen molar-refractivity contribution in [3.8, 4) is 0 Å². The number of aryl methyl sites for hydroxylation is 2. The van der Waals surface area contributed by atoms with E-state index in [-0.39, 0.29) is 5.92 Å².